The molecular weight excluding hydrogens is 361 g/mol. The third-order valence-corrected chi connectivity index (χ3v) is 3.78. The fourth-order valence-corrected chi connectivity index (χ4v) is 2.27. The van der Waals surface area contributed by atoms with E-state index in [1.165, 1.54) is 6.07 Å². The maximum atomic E-state index is 11.8. The largest absolute Gasteiger partial charge is 0.337 e. The third-order valence-electron chi connectivity index (χ3n) is 2.77. The summed E-state index contributed by atoms with van der Waals surface area (Å²) >= 11 is 17.5. The van der Waals surface area contributed by atoms with E-state index in [2.05, 4.69) is 21.2 Å². The van der Waals surface area contributed by atoms with E-state index < -0.39 is 6.03 Å². The maximum absolute atomic E-state index is 11.8. The van der Waals surface area contributed by atoms with Crippen molar-refractivity contribution in [2.24, 2.45) is 0 Å². The van der Waals surface area contributed by atoms with Gasteiger partial charge in [0.15, 0.2) is 0 Å². The molecule has 0 aliphatic rings. The number of nitrogens with one attached hydrogen (secondary N) is 3. The molecule has 0 spiro atoms. The minimum Gasteiger partial charge on any atom is -0.307 e. The molecule has 0 radical (unpaired) electrons. The highest BCUT2D eigenvalue weighted by Gasteiger charge is 2.09. The molecule has 9 heteroatoms. The predicted octanol–water partition coefficient (Wildman–Crippen LogP) is 4.37. The van der Waals surface area contributed by atoms with Gasteiger partial charge in [0, 0.05) is 5.69 Å². The van der Waals surface area contributed by atoms with Gasteiger partial charge in [0.1, 0.15) is 17.0 Å². The van der Waals surface area contributed by atoms with Crippen molar-refractivity contribution < 1.29 is 4.79 Å². The summed E-state index contributed by atoms with van der Waals surface area (Å²) in [5.41, 5.74) is 6.39. The number of aromatic nitrogens is 1. The maximum Gasteiger partial charge on any atom is 0.337 e. The van der Waals surface area contributed by atoms with Crippen LogP contribution in [-0.2, 0) is 0 Å². The summed E-state index contributed by atoms with van der Waals surface area (Å²) in [4.78, 5) is 15.8. The number of hydrogen-bond acceptors (Lipinski definition) is 4. The van der Waals surface area contributed by atoms with E-state index in [4.69, 9.17) is 40.1 Å². The van der Waals surface area contributed by atoms with Crippen molar-refractivity contribution >= 4 is 52.3 Å². The zero-order chi connectivity index (χ0) is 17.0. The molecule has 0 saturated heterocycles. The van der Waals surface area contributed by atoms with Crippen LogP contribution < -0.4 is 16.2 Å². The van der Waals surface area contributed by atoms with Crippen molar-refractivity contribution in [3.8, 4) is 6.07 Å². The Bertz CT molecular complexity index is 780. The zero-order valence-corrected chi connectivity index (χ0v) is 14.0. The average molecular weight is 371 g/mol. The Balaban J connectivity index is 1.99. The smallest absolute Gasteiger partial charge is 0.307 e. The highest BCUT2D eigenvalue weighted by molar-refractivity contribution is 6.42. The number of hydrogen-bond donors (Lipinski definition) is 3. The van der Waals surface area contributed by atoms with Crippen LogP contribution in [0.4, 0.5) is 16.3 Å². The first kappa shape index (κ1) is 17.2. The number of rotatable bonds is 3. The molecule has 2 aromatic rings. The van der Waals surface area contributed by atoms with Crippen LogP contribution in [0.15, 0.2) is 24.3 Å². The number of nitriles is 1. The van der Waals surface area contributed by atoms with Gasteiger partial charge in [0.05, 0.1) is 15.6 Å². The summed E-state index contributed by atoms with van der Waals surface area (Å²) in [6, 6.07) is 7.69. The summed E-state index contributed by atoms with van der Waals surface area (Å²) in [7, 11) is 0. The van der Waals surface area contributed by atoms with Crippen LogP contribution in [0, 0.1) is 18.3 Å². The van der Waals surface area contributed by atoms with Crippen molar-refractivity contribution in [1.29, 1.82) is 5.26 Å². The molecule has 1 heterocycles. The predicted molar refractivity (Wildman–Crippen MR) is 90.9 cm³/mol. The molecule has 23 heavy (non-hydrogen) atoms. The number of carbonyl (C=O) groups is 1. The van der Waals surface area contributed by atoms with E-state index in [1.54, 1.807) is 25.1 Å². The average Bonchev–Trinajstić information content (AvgIpc) is 2.49. The molecule has 2 amide bonds. The van der Waals surface area contributed by atoms with Gasteiger partial charge in [0.25, 0.3) is 0 Å². The number of pyridine rings is 1. The number of hydrazine groups is 1. The first-order valence-electron chi connectivity index (χ1n) is 6.26. The van der Waals surface area contributed by atoms with Crippen LogP contribution in [0.25, 0.3) is 0 Å². The van der Waals surface area contributed by atoms with Gasteiger partial charge in [-0.05, 0) is 36.8 Å². The van der Waals surface area contributed by atoms with E-state index in [0.29, 0.717) is 27.1 Å². The number of nitrogens with zero attached hydrogens (tertiary/aromatic N) is 2. The van der Waals surface area contributed by atoms with Crippen LogP contribution in [0.5, 0.6) is 0 Å². The Labute approximate surface area is 147 Å². The number of urea groups is 1. The number of amides is 2. The fourth-order valence-electron chi connectivity index (χ4n) is 1.69. The van der Waals surface area contributed by atoms with Crippen LogP contribution in [0.3, 0.4) is 0 Å². The standard InChI is InChI=1S/C14H10Cl3N5O/c1-7-4-12(20-13(17)9(7)6-18)21-22-14(23)19-8-2-3-10(15)11(16)5-8/h2-5H,1H3,(H,20,21)(H2,19,22,23). The summed E-state index contributed by atoms with van der Waals surface area (Å²) in [6.07, 6.45) is 0. The number of halogens is 3. The second-order valence-electron chi connectivity index (χ2n) is 4.44. The first-order valence-corrected chi connectivity index (χ1v) is 7.39. The molecule has 0 bridgehead atoms. The van der Waals surface area contributed by atoms with Gasteiger partial charge in [-0.2, -0.15) is 5.26 Å². The number of benzene rings is 1. The van der Waals surface area contributed by atoms with Crippen molar-refractivity contribution in [2.75, 3.05) is 10.7 Å². The minimum atomic E-state index is -0.539. The van der Waals surface area contributed by atoms with Crippen molar-refractivity contribution in [1.82, 2.24) is 10.4 Å². The van der Waals surface area contributed by atoms with E-state index >= 15 is 0 Å². The number of aryl methyl sites for hydroxylation is 1. The van der Waals surface area contributed by atoms with Gasteiger partial charge < -0.3 is 5.32 Å². The first-order chi connectivity index (χ1) is 10.9. The normalized spacial score (nSPS) is 9.87. The lowest BCUT2D eigenvalue weighted by atomic mass is 10.2. The van der Waals surface area contributed by atoms with Crippen LogP contribution in [0.1, 0.15) is 11.1 Å². The van der Waals surface area contributed by atoms with E-state index in [-0.39, 0.29) is 10.7 Å². The Morgan fingerprint density at radius 2 is 1.96 bits per heavy atom. The molecule has 0 saturated carbocycles. The summed E-state index contributed by atoms with van der Waals surface area (Å²) in [5, 5.41) is 12.3. The van der Waals surface area contributed by atoms with Gasteiger partial charge in [-0.3, -0.25) is 10.9 Å². The highest BCUT2D eigenvalue weighted by Crippen LogP contribution is 2.25. The molecule has 0 aliphatic heterocycles. The van der Waals surface area contributed by atoms with E-state index in [1.807, 2.05) is 6.07 Å². The molecule has 0 fully saturated rings. The molecule has 0 aliphatic carbocycles. The topological polar surface area (TPSA) is 89.8 Å². The SMILES string of the molecule is Cc1cc(NNC(=O)Nc2ccc(Cl)c(Cl)c2)nc(Cl)c1C#N. The van der Waals surface area contributed by atoms with Gasteiger partial charge in [-0.25, -0.2) is 9.78 Å². The van der Waals surface area contributed by atoms with Crippen LogP contribution in [-0.4, -0.2) is 11.0 Å². The molecular formula is C14H10Cl3N5O. The Hall–Kier alpha value is -2.20. The molecule has 1 aromatic heterocycles. The quantitative estimate of drug-likeness (QED) is 0.553. The van der Waals surface area contributed by atoms with Crippen molar-refractivity contribution in [3.05, 3.63) is 50.6 Å². The number of anilines is 2. The lowest BCUT2D eigenvalue weighted by Gasteiger charge is -2.11. The summed E-state index contributed by atoms with van der Waals surface area (Å²) in [5.74, 6) is 0.302. The van der Waals surface area contributed by atoms with Gasteiger partial charge >= 0.3 is 6.03 Å². The molecule has 3 N–H and O–H groups in total. The van der Waals surface area contributed by atoms with Crippen molar-refractivity contribution in [3.63, 3.8) is 0 Å². The lowest BCUT2D eigenvalue weighted by Crippen LogP contribution is -2.34. The van der Waals surface area contributed by atoms with Gasteiger partial charge in [-0.15, -0.1) is 0 Å². The van der Waals surface area contributed by atoms with Gasteiger partial charge in [-0.1, -0.05) is 34.8 Å². The Morgan fingerprint density at radius 1 is 1.22 bits per heavy atom. The molecule has 2 rings (SSSR count). The summed E-state index contributed by atoms with van der Waals surface area (Å²) < 4.78 is 0. The lowest BCUT2D eigenvalue weighted by molar-refractivity contribution is 0.254. The summed E-state index contributed by atoms with van der Waals surface area (Å²) in [6.45, 7) is 1.72. The second kappa shape index (κ2) is 7.38. The minimum absolute atomic E-state index is 0.0571. The van der Waals surface area contributed by atoms with E-state index in [0.717, 1.165) is 0 Å². The molecule has 0 atom stereocenters. The van der Waals surface area contributed by atoms with Crippen LogP contribution >= 0.6 is 34.8 Å². The molecule has 6 nitrogen and oxygen atoms in total. The molecule has 0 unspecified atom stereocenters. The Morgan fingerprint density at radius 3 is 2.57 bits per heavy atom. The molecule has 118 valence electrons. The Kier molecular flexibility index (Phi) is 5.50. The highest BCUT2D eigenvalue weighted by atomic mass is 35.5. The number of carbonyl (C=O) groups excluding carboxylic acids is 1. The van der Waals surface area contributed by atoms with Crippen LogP contribution in [0.2, 0.25) is 15.2 Å². The van der Waals surface area contributed by atoms with Gasteiger partial charge in [0.2, 0.25) is 0 Å². The van der Waals surface area contributed by atoms with Crippen molar-refractivity contribution in [2.45, 2.75) is 6.92 Å². The zero-order valence-electron chi connectivity index (χ0n) is 11.7. The monoisotopic (exact) mass is 369 g/mol. The third kappa shape index (κ3) is 4.39. The second-order valence-corrected chi connectivity index (χ2v) is 5.61. The fraction of sp³-hybridized carbons (Fsp3) is 0.0714. The molecule has 1 aromatic carbocycles. The van der Waals surface area contributed by atoms with E-state index in [9.17, 15) is 4.79 Å².